The van der Waals surface area contributed by atoms with Crippen LogP contribution in [0.15, 0.2) is 0 Å². The predicted molar refractivity (Wildman–Crippen MR) is 71.0 cm³/mol. The molecule has 0 bridgehead atoms. The molecule has 106 valence electrons. The van der Waals surface area contributed by atoms with E-state index in [4.69, 9.17) is 5.11 Å². The summed E-state index contributed by atoms with van der Waals surface area (Å²) < 4.78 is 11.0. The Morgan fingerprint density at radius 3 is 2.28 bits per heavy atom. The molecule has 0 heterocycles. The first kappa shape index (κ1) is 16.9. The average Bonchev–Trinajstić information content (AvgIpc) is 2.14. The van der Waals surface area contributed by atoms with Crippen molar-refractivity contribution in [2.24, 2.45) is 0 Å². The minimum atomic E-state index is -0.974. The number of carboxylic acids is 1. The summed E-state index contributed by atoms with van der Waals surface area (Å²) in [6.45, 7) is 5.59. The highest BCUT2D eigenvalue weighted by Gasteiger charge is 2.19. The summed E-state index contributed by atoms with van der Waals surface area (Å²) in [4.78, 5) is 23.9. The van der Waals surface area contributed by atoms with E-state index in [-0.39, 0.29) is 31.1 Å². The predicted octanol–water partition coefficient (Wildman–Crippen LogP) is 0.648. The van der Waals surface area contributed by atoms with E-state index in [0.717, 1.165) is 0 Å². The quantitative estimate of drug-likeness (QED) is 0.716. The maximum Gasteiger partial charge on any atom is 0.317 e. The number of urea groups is 1. The van der Waals surface area contributed by atoms with Crippen LogP contribution in [0.3, 0.4) is 0 Å². The van der Waals surface area contributed by atoms with Gasteiger partial charge in [-0.15, -0.1) is 0 Å². The standard InChI is InChI=1S/C11H22N2O4S/c1-8(2)13(6-5-10(14)15)11(16)12-9(3)7-18(4)17/h8-9H,5-7H2,1-4H3,(H,12,16)(H,14,15). The van der Waals surface area contributed by atoms with Crippen LogP contribution < -0.4 is 5.32 Å². The lowest BCUT2D eigenvalue weighted by atomic mass is 10.3. The van der Waals surface area contributed by atoms with Crippen molar-refractivity contribution < 1.29 is 18.9 Å². The number of aliphatic carboxylic acids is 1. The number of hydrogen-bond acceptors (Lipinski definition) is 3. The Bertz CT molecular complexity index is 320. The first-order chi connectivity index (χ1) is 8.23. The fourth-order valence-corrected chi connectivity index (χ4v) is 2.29. The molecule has 0 aromatic heterocycles. The van der Waals surface area contributed by atoms with Crippen molar-refractivity contribution in [2.75, 3.05) is 18.6 Å². The van der Waals surface area contributed by atoms with Gasteiger partial charge in [0.05, 0.1) is 6.42 Å². The molecule has 2 N–H and O–H groups in total. The highest BCUT2D eigenvalue weighted by Crippen LogP contribution is 2.02. The van der Waals surface area contributed by atoms with E-state index in [9.17, 15) is 13.8 Å². The minimum absolute atomic E-state index is 0.0799. The van der Waals surface area contributed by atoms with Crippen molar-refractivity contribution in [2.45, 2.75) is 39.3 Å². The highest BCUT2D eigenvalue weighted by molar-refractivity contribution is 7.84. The summed E-state index contributed by atoms with van der Waals surface area (Å²) in [7, 11) is -0.974. The molecule has 0 aliphatic carbocycles. The monoisotopic (exact) mass is 278 g/mol. The molecule has 0 aromatic carbocycles. The Balaban J connectivity index is 4.38. The third-order valence-corrected chi connectivity index (χ3v) is 3.27. The van der Waals surface area contributed by atoms with Crippen LogP contribution in [-0.4, -0.2) is 56.9 Å². The van der Waals surface area contributed by atoms with Gasteiger partial charge in [-0.2, -0.15) is 0 Å². The fourth-order valence-electron chi connectivity index (χ4n) is 1.50. The third kappa shape index (κ3) is 7.26. The van der Waals surface area contributed by atoms with Crippen molar-refractivity contribution in [1.29, 1.82) is 0 Å². The molecule has 0 spiro atoms. The molecular formula is C11H22N2O4S. The van der Waals surface area contributed by atoms with Crippen LogP contribution in [0.25, 0.3) is 0 Å². The number of carbonyl (C=O) groups excluding carboxylic acids is 1. The molecule has 2 amide bonds. The van der Waals surface area contributed by atoms with Gasteiger partial charge >= 0.3 is 12.0 Å². The molecule has 18 heavy (non-hydrogen) atoms. The maximum atomic E-state index is 11.9. The average molecular weight is 278 g/mol. The first-order valence-electron chi connectivity index (χ1n) is 5.83. The van der Waals surface area contributed by atoms with Gasteiger partial charge in [0, 0.05) is 41.4 Å². The van der Waals surface area contributed by atoms with Crippen LogP contribution in [0.2, 0.25) is 0 Å². The highest BCUT2D eigenvalue weighted by atomic mass is 32.2. The maximum absolute atomic E-state index is 11.9. The van der Waals surface area contributed by atoms with Crippen molar-refractivity contribution in [3.63, 3.8) is 0 Å². The Morgan fingerprint density at radius 1 is 1.33 bits per heavy atom. The molecule has 0 radical (unpaired) electrons. The zero-order chi connectivity index (χ0) is 14.3. The van der Waals surface area contributed by atoms with E-state index >= 15 is 0 Å². The Labute approximate surface area is 110 Å². The van der Waals surface area contributed by atoms with E-state index in [1.807, 2.05) is 13.8 Å². The summed E-state index contributed by atoms with van der Waals surface area (Å²) in [6.07, 6.45) is 1.49. The second kappa shape index (κ2) is 8.07. The molecule has 7 heteroatoms. The number of nitrogens with one attached hydrogen (secondary N) is 1. The lowest BCUT2D eigenvalue weighted by Gasteiger charge is -2.28. The van der Waals surface area contributed by atoms with E-state index in [1.165, 1.54) is 4.90 Å². The van der Waals surface area contributed by atoms with Gasteiger partial charge < -0.3 is 15.3 Å². The molecule has 0 aliphatic heterocycles. The van der Waals surface area contributed by atoms with Gasteiger partial charge in [-0.05, 0) is 20.8 Å². The van der Waals surface area contributed by atoms with Crippen molar-refractivity contribution >= 4 is 22.8 Å². The normalized spacial score (nSPS) is 14.1. The molecule has 0 saturated carbocycles. The zero-order valence-electron chi connectivity index (χ0n) is 11.3. The number of amides is 2. The van der Waals surface area contributed by atoms with Gasteiger partial charge in [0.2, 0.25) is 0 Å². The van der Waals surface area contributed by atoms with E-state index in [2.05, 4.69) is 5.32 Å². The van der Waals surface area contributed by atoms with Crippen LogP contribution in [0.4, 0.5) is 4.79 Å². The molecule has 2 unspecified atom stereocenters. The van der Waals surface area contributed by atoms with Crippen LogP contribution in [0, 0.1) is 0 Å². The number of carboxylic acid groups (broad SMARTS) is 1. The molecule has 0 fully saturated rings. The van der Waals surface area contributed by atoms with Crippen molar-refractivity contribution in [1.82, 2.24) is 10.2 Å². The van der Waals surface area contributed by atoms with Gasteiger partial charge in [0.25, 0.3) is 0 Å². The van der Waals surface area contributed by atoms with Crippen LogP contribution in [-0.2, 0) is 15.6 Å². The number of hydrogen-bond donors (Lipinski definition) is 2. The smallest absolute Gasteiger partial charge is 0.317 e. The summed E-state index contributed by atoms with van der Waals surface area (Å²) in [6, 6.07) is -0.595. The molecule has 0 rings (SSSR count). The molecule has 2 atom stereocenters. The largest absolute Gasteiger partial charge is 0.481 e. The van der Waals surface area contributed by atoms with Gasteiger partial charge in [-0.1, -0.05) is 0 Å². The van der Waals surface area contributed by atoms with E-state index < -0.39 is 16.8 Å². The number of nitrogens with zero attached hydrogens (tertiary/aromatic N) is 1. The third-order valence-electron chi connectivity index (χ3n) is 2.31. The van der Waals surface area contributed by atoms with Crippen LogP contribution in [0.5, 0.6) is 0 Å². The molecular weight excluding hydrogens is 256 g/mol. The van der Waals surface area contributed by atoms with Gasteiger partial charge in [-0.3, -0.25) is 9.00 Å². The van der Waals surface area contributed by atoms with E-state index in [0.29, 0.717) is 5.75 Å². The van der Waals surface area contributed by atoms with E-state index in [1.54, 1.807) is 13.2 Å². The van der Waals surface area contributed by atoms with Crippen molar-refractivity contribution in [3.8, 4) is 0 Å². The van der Waals surface area contributed by atoms with Gasteiger partial charge in [0.1, 0.15) is 0 Å². The zero-order valence-corrected chi connectivity index (χ0v) is 12.1. The Hall–Kier alpha value is -1.11. The second-order valence-electron chi connectivity index (χ2n) is 4.52. The molecule has 0 aromatic rings. The van der Waals surface area contributed by atoms with Crippen LogP contribution >= 0.6 is 0 Å². The lowest BCUT2D eigenvalue weighted by Crippen LogP contribution is -2.48. The van der Waals surface area contributed by atoms with Gasteiger partial charge in [0.15, 0.2) is 0 Å². The summed E-state index contributed by atoms with van der Waals surface area (Å²) in [5.74, 6) is -0.549. The Kier molecular flexibility index (Phi) is 7.58. The number of carbonyl (C=O) groups is 2. The Morgan fingerprint density at radius 2 is 1.89 bits per heavy atom. The summed E-state index contributed by atoms with van der Waals surface area (Å²) >= 11 is 0. The first-order valence-corrected chi connectivity index (χ1v) is 7.55. The molecule has 6 nitrogen and oxygen atoms in total. The second-order valence-corrected chi connectivity index (χ2v) is 6.00. The van der Waals surface area contributed by atoms with Crippen molar-refractivity contribution in [3.05, 3.63) is 0 Å². The lowest BCUT2D eigenvalue weighted by molar-refractivity contribution is -0.137. The fraction of sp³-hybridized carbons (Fsp3) is 0.818. The SMILES string of the molecule is CC(CS(C)=O)NC(=O)N(CCC(=O)O)C(C)C. The topological polar surface area (TPSA) is 86.7 Å². The van der Waals surface area contributed by atoms with Crippen LogP contribution in [0.1, 0.15) is 27.2 Å². The minimum Gasteiger partial charge on any atom is -0.481 e. The van der Waals surface area contributed by atoms with Gasteiger partial charge in [-0.25, -0.2) is 4.79 Å². The number of rotatable bonds is 7. The molecule has 0 aliphatic rings. The summed E-state index contributed by atoms with van der Waals surface area (Å²) in [5.41, 5.74) is 0. The summed E-state index contributed by atoms with van der Waals surface area (Å²) in [5, 5.41) is 11.3. The molecule has 0 saturated heterocycles.